The molecule has 0 radical (unpaired) electrons. The summed E-state index contributed by atoms with van der Waals surface area (Å²) in [6.07, 6.45) is -0.233. The third kappa shape index (κ3) is 5.83. The van der Waals surface area contributed by atoms with Gasteiger partial charge in [-0.3, -0.25) is 9.59 Å². The van der Waals surface area contributed by atoms with Gasteiger partial charge in [0, 0.05) is 12.2 Å². The van der Waals surface area contributed by atoms with E-state index in [2.05, 4.69) is 5.32 Å². The lowest BCUT2D eigenvalue weighted by molar-refractivity contribution is -0.124. The van der Waals surface area contributed by atoms with Crippen LogP contribution in [0.1, 0.15) is 34.8 Å². The Morgan fingerprint density at radius 1 is 0.921 bits per heavy atom. The number of urea groups is 1. The smallest absolute Gasteiger partial charge is 0.338 e. The van der Waals surface area contributed by atoms with Crippen LogP contribution in [0.15, 0.2) is 72.8 Å². The van der Waals surface area contributed by atoms with Crippen molar-refractivity contribution < 1.29 is 28.7 Å². The molecule has 0 bridgehead atoms. The summed E-state index contributed by atoms with van der Waals surface area (Å²) in [5.74, 6) is -0.694. The molecule has 38 heavy (non-hydrogen) atoms. The van der Waals surface area contributed by atoms with Crippen molar-refractivity contribution in [3.63, 3.8) is 0 Å². The van der Waals surface area contributed by atoms with Crippen LogP contribution in [0.25, 0.3) is 0 Å². The van der Waals surface area contributed by atoms with Gasteiger partial charge in [0.25, 0.3) is 5.91 Å². The van der Waals surface area contributed by atoms with E-state index in [0.717, 1.165) is 16.0 Å². The molecule has 1 N–H and O–H groups in total. The number of carbonyl (C=O) groups is 4. The Morgan fingerprint density at radius 3 is 2.18 bits per heavy atom. The van der Waals surface area contributed by atoms with E-state index in [1.807, 2.05) is 31.2 Å². The van der Waals surface area contributed by atoms with Crippen LogP contribution in [0.2, 0.25) is 0 Å². The van der Waals surface area contributed by atoms with Gasteiger partial charge in [0.05, 0.1) is 31.4 Å². The van der Waals surface area contributed by atoms with E-state index < -0.39 is 29.9 Å². The molecular formula is C29H29N3O6. The third-order valence-electron chi connectivity index (χ3n) is 6.18. The van der Waals surface area contributed by atoms with E-state index in [1.54, 1.807) is 62.6 Å². The number of nitrogens with zero attached hydrogens (tertiary/aromatic N) is 2. The largest absolute Gasteiger partial charge is 0.497 e. The number of aryl methyl sites for hydroxylation is 1. The first-order valence-corrected chi connectivity index (χ1v) is 12.2. The monoisotopic (exact) mass is 515 g/mol. The normalized spacial score (nSPS) is 15.0. The van der Waals surface area contributed by atoms with Gasteiger partial charge >= 0.3 is 12.0 Å². The Morgan fingerprint density at radius 2 is 1.58 bits per heavy atom. The Bertz CT molecular complexity index is 1320. The number of nitrogens with one attached hydrogen (secondary N) is 1. The first kappa shape index (κ1) is 26.4. The lowest BCUT2D eigenvalue weighted by Crippen LogP contribution is -2.37. The average molecular weight is 516 g/mol. The topological polar surface area (TPSA) is 105 Å². The van der Waals surface area contributed by atoms with Gasteiger partial charge in [0.2, 0.25) is 5.91 Å². The molecule has 4 amide bonds. The maximum absolute atomic E-state index is 13.5. The zero-order chi connectivity index (χ0) is 27.2. The number of anilines is 2. The number of imide groups is 1. The van der Waals surface area contributed by atoms with Gasteiger partial charge in [-0.2, -0.15) is 0 Å². The number of methoxy groups -OCH3 is 1. The van der Waals surface area contributed by atoms with Crippen LogP contribution in [0.4, 0.5) is 16.2 Å². The predicted molar refractivity (Wildman–Crippen MR) is 142 cm³/mol. The number of amides is 4. The molecule has 1 atom stereocenters. The highest BCUT2D eigenvalue weighted by Crippen LogP contribution is 2.29. The number of esters is 1. The standard InChI is InChI=1S/C29H29N3O6/c1-4-38-28(35)21-9-11-22(12-10-21)30-26(33)17-25-27(34)32(23-13-5-19(2)6-14-23)29(36)31(25)18-20-7-15-24(37-3)16-8-20/h5-16,25H,4,17-18H2,1-3H3,(H,30,33). The molecule has 4 rings (SSSR count). The summed E-state index contributed by atoms with van der Waals surface area (Å²) in [4.78, 5) is 54.3. The Balaban J connectivity index is 1.54. The highest BCUT2D eigenvalue weighted by atomic mass is 16.5. The molecule has 0 aliphatic carbocycles. The summed E-state index contributed by atoms with van der Waals surface area (Å²) < 4.78 is 10.2. The number of hydrogen-bond acceptors (Lipinski definition) is 6. The Labute approximate surface area is 220 Å². The molecule has 1 unspecified atom stereocenters. The van der Waals surface area contributed by atoms with Gasteiger partial charge < -0.3 is 19.7 Å². The first-order valence-electron chi connectivity index (χ1n) is 12.2. The van der Waals surface area contributed by atoms with Gasteiger partial charge in [0.15, 0.2) is 0 Å². The molecule has 1 aliphatic heterocycles. The van der Waals surface area contributed by atoms with Gasteiger partial charge in [-0.1, -0.05) is 29.8 Å². The minimum atomic E-state index is -0.996. The maximum Gasteiger partial charge on any atom is 0.338 e. The molecule has 0 spiro atoms. The van der Waals surface area contributed by atoms with Crippen molar-refractivity contribution in [1.82, 2.24) is 4.90 Å². The minimum absolute atomic E-state index is 0.142. The summed E-state index contributed by atoms with van der Waals surface area (Å²) >= 11 is 0. The summed E-state index contributed by atoms with van der Waals surface area (Å²) in [5.41, 5.74) is 3.05. The van der Waals surface area contributed by atoms with Crippen molar-refractivity contribution in [3.8, 4) is 5.75 Å². The van der Waals surface area contributed by atoms with E-state index in [-0.39, 0.29) is 19.6 Å². The third-order valence-corrected chi connectivity index (χ3v) is 6.18. The molecule has 9 heteroatoms. The number of carbonyl (C=O) groups excluding carboxylic acids is 4. The molecule has 3 aromatic rings. The van der Waals surface area contributed by atoms with Crippen molar-refractivity contribution >= 4 is 35.2 Å². The second kappa shape index (κ2) is 11.6. The van der Waals surface area contributed by atoms with E-state index in [1.165, 1.54) is 4.90 Å². The lowest BCUT2D eigenvalue weighted by atomic mass is 10.1. The van der Waals surface area contributed by atoms with Crippen LogP contribution < -0.4 is 15.0 Å². The summed E-state index contributed by atoms with van der Waals surface area (Å²) in [5, 5.41) is 2.75. The predicted octanol–water partition coefficient (Wildman–Crippen LogP) is 4.55. The maximum atomic E-state index is 13.5. The lowest BCUT2D eigenvalue weighted by Gasteiger charge is -2.22. The van der Waals surface area contributed by atoms with Crippen molar-refractivity contribution in [2.75, 3.05) is 23.9 Å². The number of benzene rings is 3. The van der Waals surface area contributed by atoms with Gasteiger partial charge in [0.1, 0.15) is 11.8 Å². The van der Waals surface area contributed by atoms with Gasteiger partial charge in [-0.25, -0.2) is 14.5 Å². The SMILES string of the molecule is CCOC(=O)c1ccc(NC(=O)CC2C(=O)N(c3ccc(C)cc3)C(=O)N2Cc2ccc(OC)cc2)cc1. The molecule has 1 aliphatic rings. The summed E-state index contributed by atoms with van der Waals surface area (Å²) in [6, 6.07) is 19.0. The molecule has 3 aromatic carbocycles. The quantitative estimate of drug-likeness (QED) is 0.331. The minimum Gasteiger partial charge on any atom is -0.497 e. The van der Waals surface area contributed by atoms with E-state index >= 15 is 0 Å². The van der Waals surface area contributed by atoms with Gasteiger partial charge in [-0.15, -0.1) is 0 Å². The van der Waals surface area contributed by atoms with Crippen molar-refractivity contribution in [3.05, 3.63) is 89.5 Å². The van der Waals surface area contributed by atoms with Crippen LogP contribution in [-0.2, 0) is 20.9 Å². The van der Waals surface area contributed by atoms with Crippen LogP contribution >= 0.6 is 0 Å². The number of rotatable bonds is 9. The van der Waals surface area contributed by atoms with Crippen LogP contribution in [0.5, 0.6) is 5.75 Å². The van der Waals surface area contributed by atoms with Crippen LogP contribution in [0.3, 0.4) is 0 Å². The highest BCUT2D eigenvalue weighted by Gasteiger charge is 2.46. The van der Waals surface area contributed by atoms with Crippen molar-refractivity contribution in [1.29, 1.82) is 0 Å². The molecule has 1 heterocycles. The summed E-state index contributed by atoms with van der Waals surface area (Å²) in [6.45, 7) is 4.04. The fraction of sp³-hybridized carbons (Fsp3) is 0.241. The molecule has 0 saturated carbocycles. The summed E-state index contributed by atoms with van der Waals surface area (Å²) in [7, 11) is 1.57. The fourth-order valence-corrected chi connectivity index (χ4v) is 4.16. The van der Waals surface area contributed by atoms with Crippen molar-refractivity contribution in [2.24, 2.45) is 0 Å². The Hall–Kier alpha value is -4.66. The zero-order valence-electron chi connectivity index (χ0n) is 21.5. The van der Waals surface area contributed by atoms with Crippen molar-refractivity contribution in [2.45, 2.75) is 32.9 Å². The molecule has 0 aromatic heterocycles. The molecule has 9 nitrogen and oxygen atoms in total. The molecule has 196 valence electrons. The number of ether oxygens (including phenoxy) is 2. The number of hydrogen-bond donors (Lipinski definition) is 1. The van der Waals surface area contributed by atoms with E-state index in [4.69, 9.17) is 9.47 Å². The fourth-order valence-electron chi connectivity index (χ4n) is 4.16. The Kier molecular flexibility index (Phi) is 8.06. The zero-order valence-corrected chi connectivity index (χ0v) is 21.5. The second-order valence-corrected chi connectivity index (χ2v) is 8.83. The molecule has 1 fully saturated rings. The highest BCUT2D eigenvalue weighted by molar-refractivity contribution is 6.22. The second-order valence-electron chi connectivity index (χ2n) is 8.83. The molecular weight excluding hydrogens is 486 g/mol. The van der Waals surface area contributed by atoms with Crippen LogP contribution in [0, 0.1) is 6.92 Å². The van der Waals surface area contributed by atoms with E-state index in [0.29, 0.717) is 22.7 Å². The molecule has 1 saturated heterocycles. The average Bonchev–Trinajstić information content (AvgIpc) is 3.14. The first-order chi connectivity index (χ1) is 18.3. The van der Waals surface area contributed by atoms with Crippen LogP contribution in [-0.4, -0.2) is 48.5 Å². The van der Waals surface area contributed by atoms with E-state index in [9.17, 15) is 19.2 Å². The van der Waals surface area contributed by atoms with Gasteiger partial charge in [-0.05, 0) is 67.9 Å².